The molecule has 0 amide bonds. The number of nitrogens with zero attached hydrogens (tertiary/aromatic N) is 3. The third kappa shape index (κ3) is 2.06. The summed E-state index contributed by atoms with van der Waals surface area (Å²) >= 11 is 0.889. The standard InChI is InChI=1S/C11H12N4O2S2/c12-10-13-14-11(18-10)19(16,17)15-7-3-5-8-4-1-2-6-9(8)15/h1-2,4,6H,3,5,7H2,(H2,12,13). The Balaban J connectivity index is 2.08. The highest BCUT2D eigenvalue weighted by atomic mass is 32.2. The molecular weight excluding hydrogens is 284 g/mol. The van der Waals surface area contributed by atoms with E-state index in [-0.39, 0.29) is 9.47 Å². The molecule has 2 heterocycles. The van der Waals surface area contributed by atoms with Crippen LogP contribution in [-0.4, -0.2) is 25.2 Å². The number of hydrogen-bond donors (Lipinski definition) is 1. The molecule has 1 aliphatic heterocycles. The number of fused-ring (bicyclic) bond motifs is 1. The van der Waals surface area contributed by atoms with Gasteiger partial charge in [-0.05, 0) is 24.5 Å². The summed E-state index contributed by atoms with van der Waals surface area (Å²) in [5.74, 6) is 0. The molecule has 2 aromatic rings. The van der Waals surface area contributed by atoms with Crippen molar-refractivity contribution >= 4 is 32.2 Å². The van der Waals surface area contributed by atoms with Crippen LogP contribution in [0.25, 0.3) is 0 Å². The highest BCUT2D eigenvalue weighted by molar-refractivity contribution is 7.94. The highest BCUT2D eigenvalue weighted by Gasteiger charge is 2.31. The van der Waals surface area contributed by atoms with Crippen LogP contribution in [0.4, 0.5) is 10.8 Å². The Morgan fingerprint density at radius 1 is 1.26 bits per heavy atom. The van der Waals surface area contributed by atoms with Crippen LogP contribution >= 0.6 is 11.3 Å². The molecule has 8 heteroatoms. The maximum Gasteiger partial charge on any atom is 0.293 e. The Kier molecular flexibility index (Phi) is 2.90. The van der Waals surface area contributed by atoms with E-state index in [0.29, 0.717) is 6.54 Å². The molecule has 0 atom stereocenters. The van der Waals surface area contributed by atoms with Crippen LogP contribution in [0.5, 0.6) is 0 Å². The third-order valence-electron chi connectivity index (χ3n) is 3.00. The molecule has 0 saturated carbocycles. The summed E-state index contributed by atoms with van der Waals surface area (Å²) in [6, 6.07) is 7.51. The van der Waals surface area contributed by atoms with Gasteiger partial charge < -0.3 is 5.73 Å². The molecule has 19 heavy (non-hydrogen) atoms. The molecule has 0 unspecified atom stereocenters. The van der Waals surface area contributed by atoms with Gasteiger partial charge in [0.15, 0.2) is 0 Å². The minimum Gasteiger partial charge on any atom is -0.374 e. The molecule has 0 saturated heterocycles. The van der Waals surface area contributed by atoms with Gasteiger partial charge in [0, 0.05) is 6.54 Å². The molecule has 1 aliphatic rings. The van der Waals surface area contributed by atoms with Gasteiger partial charge >= 0.3 is 0 Å². The Bertz CT molecular complexity index is 711. The second-order valence-electron chi connectivity index (χ2n) is 4.22. The third-order valence-corrected chi connectivity index (χ3v) is 5.91. The van der Waals surface area contributed by atoms with Crippen LogP contribution in [0.3, 0.4) is 0 Å². The van der Waals surface area contributed by atoms with E-state index >= 15 is 0 Å². The maximum atomic E-state index is 12.5. The van der Waals surface area contributed by atoms with Crippen molar-refractivity contribution in [3.05, 3.63) is 29.8 Å². The molecule has 100 valence electrons. The number of aryl methyl sites for hydroxylation is 1. The largest absolute Gasteiger partial charge is 0.374 e. The maximum absolute atomic E-state index is 12.5. The number of nitrogen functional groups attached to an aromatic ring is 1. The van der Waals surface area contributed by atoms with Crippen molar-refractivity contribution in [3.63, 3.8) is 0 Å². The number of nitrogens with two attached hydrogens (primary N) is 1. The van der Waals surface area contributed by atoms with Crippen LogP contribution in [0, 0.1) is 0 Å². The number of sulfonamides is 1. The van der Waals surface area contributed by atoms with Gasteiger partial charge in [-0.15, -0.1) is 10.2 Å². The zero-order chi connectivity index (χ0) is 13.5. The highest BCUT2D eigenvalue weighted by Crippen LogP contribution is 2.32. The fourth-order valence-electron chi connectivity index (χ4n) is 2.17. The molecule has 0 fully saturated rings. The Labute approximate surface area is 114 Å². The lowest BCUT2D eigenvalue weighted by atomic mass is 10.0. The number of aromatic nitrogens is 2. The summed E-state index contributed by atoms with van der Waals surface area (Å²) in [5.41, 5.74) is 7.22. The number of hydrogen-bond acceptors (Lipinski definition) is 6. The van der Waals surface area contributed by atoms with Crippen LogP contribution in [0.15, 0.2) is 28.6 Å². The zero-order valence-electron chi connectivity index (χ0n) is 9.98. The van der Waals surface area contributed by atoms with Crippen molar-refractivity contribution in [2.75, 3.05) is 16.6 Å². The number of anilines is 2. The fourth-order valence-corrected chi connectivity index (χ4v) is 4.60. The van der Waals surface area contributed by atoms with Gasteiger partial charge in [0.2, 0.25) is 5.13 Å². The monoisotopic (exact) mass is 296 g/mol. The molecule has 1 aromatic heterocycles. The first kappa shape index (κ1) is 12.4. The van der Waals surface area contributed by atoms with E-state index in [0.717, 1.165) is 35.4 Å². The molecule has 0 bridgehead atoms. The first-order chi connectivity index (χ1) is 9.09. The van der Waals surface area contributed by atoms with Crippen molar-refractivity contribution in [2.45, 2.75) is 17.2 Å². The summed E-state index contributed by atoms with van der Waals surface area (Å²) in [6.45, 7) is 0.457. The van der Waals surface area contributed by atoms with Crippen LogP contribution in [-0.2, 0) is 16.4 Å². The lowest BCUT2D eigenvalue weighted by Crippen LogP contribution is -2.35. The van der Waals surface area contributed by atoms with Crippen molar-refractivity contribution in [1.29, 1.82) is 0 Å². The van der Waals surface area contributed by atoms with Crippen molar-refractivity contribution in [3.8, 4) is 0 Å². The molecule has 3 rings (SSSR count). The molecule has 0 aliphatic carbocycles. The quantitative estimate of drug-likeness (QED) is 0.901. The Morgan fingerprint density at radius 2 is 2.05 bits per heavy atom. The van der Waals surface area contributed by atoms with Crippen LogP contribution in [0.1, 0.15) is 12.0 Å². The van der Waals surface area contributed by atoms with Gasteiger partial charge in [-0.3, -0.25) is 4.31 Å². The van der Waals surface area contributed by atoms with Gasteiger partial charge in [0.25, 0.3) is 14.4 Å². The normalized spacial score (nSPS) is 15.3. The molecule has 2 N–H and O–H groups in total. The van der Waals surface area contributed by atoms with Crippen LogP contribution < -0.4 is 10.0 Å². The lowest BCUT2D eigenvalue weighted by molar-refractivity contribution is 0.584. The minimum absolute atomic E-state index is 0.0540. The van der Waals surface area contributed by atoms with Gasteiger partial charge in [-0.25, -0.2) is 0 Å². The molecule has 0 radical (unpaired) electrons. The first-order valence-corrected chi connectivity index (χ1v) is 8.04. The smallest absolute Gasteiger partial charge is 0.293 e. The SMILES string of the molecule is Nc1nnc(S(=O)(=O)N2CCCc3ccccc32)s1. The summed E-state index contributed by atoms with van der Waals surface area (Å²) in [7, 11) is -3.66. The van der Waals surface area contributed by atoms with E-state index < -0.39 is 10.0 Å². The number of para-hydroxylation sites is 1. The average Bonchev–Trinajstić information content (AvgIpc) is 2.85. The van der Waals surface area contributed by atoms with Gasteiger partial charge in [0.05, 0.1) is 5.69 Å². The van der Waals surface area contributed by atoms with Crippen molar-refractivity contribution in [1.82, 2.24) is 10.2 Å². The van der Waals surface area contributed by atoms with E-state index in [9.17, 15) is 8.42 Å². The van der Waals surface area contributed by atoms with Crippen LogP contribution in [0.2, 0.25) is 0 Å². The molecule has 6 nitrogen and oxygen atoms in total. The van der Waals surface area contributed by atoms with Gasteiger partial charge in [0.1, 0.15) is 0 Å². The van der Waals surface area contributed by atoms with Crippen molar-refractivity contribution < 1.29 is 8.42 Å². The summed E-state index contributed by atoms with van der Waals surface area (Å²) in [5, 5.41) is 7.38. The van der Waals surface area contributed by atoms with E-state index in [1.165, 1.54) is 4.31 Å². The topological polar surface area (TPSA) is 89.2 Å². The Morgan fingerprint density at radius 3 is 2.79 bits per heavy atom. The average molecular weight is 296 g/mol. The summed E-state index contributed by atoms with van der Waals surface area (Å²) in [4.78, 5) is 0. The minimum atomic E-state index is -3.66. The predicted octanol–water partition coefficient (Wildman–Crippen LogP) is 1.26. The molecular formula is C11H12N4O2S2. The first-order valence-electron chi connectivity index (χ1n) is 5.78. The number of rotatable bonds is 2. The second-order valence-corrected chi connectivity index (χ2v) is 7.26. The number of benzene rings is 1. The predicted molar refractivity (Wildman–Crippen MR) is 73.6 cm³/mol. The van der Waals surface area contributed by atoms with Gasteiger partial charge in [-0.1, -0.05) is 29.5 Å². The van der Waals surface area contributed by atoms with E-state index in [1.54, 1.807) is 0 Å². The summed E-state index contributed by atoms with van der Waals surface area (Å²) in [6.07, 6.45) is 1.69. The summed E-state index contributed by atoms with van der Waals surface area (Å²) < 4.78 is 26.4. The van der Waals surface area contributed by atoms with E-state index in [1.807, 2.05) is 24.3 Å². The second kappa shape index (κ2) is 4.46. The Hall–Kier alpha value is -1.67. The fraction of sp³-hybridized carbons (Fsp3) is 0.273. The lowest BCUT2D eigenvalue weighted by Gasteiger charge is -2.29. The van der Waals surface area contributed by atoms with Crippen molar-refractivity contribution in [2.24, 2.45) is 0 Å². The molecule has 1 aromatic carbocycles. The van der Waals surface area contributed by atoms with E-state index in [4.69, 9.17) is 5.73 Å². The van der Waals surface area contributed by atoms with Gasteiger partial charge in [-0.2, -0.15) is 8.42 Å². The molecule has 0 spiro atoms. The zero-order valence-corrected chi connectivity index (χ0v) is 11.6. The van der Waals surface area contributed by atoms with E-state index in [2.05, 4.69) is 10.2 Å².